The maximum atomic E-state index is 12.7. The molecule has 52 heavy (non-hydrogen) atoms. The van der Waals surface area contributed by atoms with Crippen molar-refractivity contribution in [2.45, 2.75) is 57.3 Å². The number of hydrogen-bond donors (Lipinski definition) is 7. The molecule has 3 aliphatic heterocycles. The molecule has 1 aromatic carbocycles. The number of ketones is 1. The Bertz CT molecular complexity index is 2040. The standard InChI is InChI=1S/C25H29Cl2N3O18P4/c1-11-9-30(24(34)29-23(11)33)19-8-17(31)18(44-19)10-43-49(35,36)46-51(39,40)48-52(41,42)47-50(37,38)45-12-4-5-15-13(6-12)25(2,3)20-16(28-15)7-14(26)22(32)21(20)27/h4-7,9,17-19,23,31,33H,8,10H2,1-3H3,(H,29,34)(H,35,36)(H,37,38)(H,39,40)(H,41,42)/t17?,18-,19-,23?/m1/s1. The number of amides is 2. The van der Waals surface area contributed by atoms with Crippen LogP contribution in [-0.4, -0.2) is 83.5 Å². The lowest BCUT2D eigenvalue weighted by Gasteiger charge is -2.36. The van der Waals surface area contributed by atoms with Crippen LogP contribution in [0.2, 0.25) is 0 Å². The van der Waals surface area contributed by atoms with Gasteiger partial charge in [0.05, 0.1) is 34.2 Å². The highest BCUT2D eigenvalue weighted by Crippen LogP contribution is 2.71. The van der Waals surface area contributed by atoms with Crippen LogP contribution in [0.3, 0.4) is 0 Å². The van der Waals surface area contributed by atoms with Crippen LogP contribution in [0.25, 0.3) is 0 Å². The lowest BCUT2D eigenvalue weighted by atomic mass is 9.71. The van der Waals surface area contributed by atoms with Crippen molar-refractivity contribution in [3.05, 3.63) is 57.2 Å². The minimum absolute atomic E-state index is 0.165. The highest BCUT2D eigenvalue weighted by molar-refractivity contribution is 7.69. The molecule has 4 aliphatic rings. The number of carbonyl (C=O) groups is 2. The van der Waals surface area contributed by atoms with Crippen molar-refractivity contribution in [2.24, 2.45) is 4.99 Å². The van der Waals surface area contributed by atoms with E-state index in [2.05, 4.69) is 27.8 Å². The molecule has 6 unspecified atom stereocenters. The number of benzene rings is 1. The molecule has 0 saturated carbocycles. The zero-order valence-corrected chi connectivity index (χ0v) is 31.7. The van der Waals surface area contributed by atoms with Gasteiger partial charge in [0.15, 0.2) is 6.23 Å². The van der Waals surface area contributed by atoms with Gasteiger partial charge in [-0.1, -0.05) is 37.0 Å². The molecule has 5 rings (SSSR count). The molecule has 2 amide bonds. The number of rotatable bonds is 12. The van der Waals surface area contributed by atoms with Crippen LogP contribution in [0.5, 0.6) is 5.75 Å². The van der Waals surface area contributed by atoms with Gasteiger partial charge in [-0.25, -0.2) is 28.0 Å². The number of nitrogens with one attached hydrogen (secondary N) is 1. The molecule has 0 aromatic heterocycles. The van der Waals surface area contributed by atoms with Crippen molar-refractivity contribution in [2.75, 3.05) is 6.61 Å². The first-order chi connectivity index (χ1) is 23.8. The molecule has 8 atom stereocenters. The summed E-state index contributed by atoms with van der Waals surface area (Å²) in [4.78, 5) is 70.0. The summed E-state index contributed by atoms with van der Waals surface area (Å²) in [5.74, 6) is -1.11. The number of phosphoric ester groups is 2. The van der Waals surface area contributed by atoms with Crippen LogP contribution in [-0.2, 0) is 50.7 Å². The number of Topliss-reactive ketones (excluding diaryl/α,β-unsaturated/α-hetero) is 1. The molecule has 286 valence electrons. The van der Waals surface area contributed by atoms with E-state index >= 15 is 0 Å². The van der Waals surface area contributed by atoms with E-state index in [1.807, 2.05) is 0 Å². The van der Waals surface area contributed by atoms with Crippen molar-refractivity contribution >= 4 is 77.7 Å². The maximum absolute atomic E-state index is 12.7. The number of allylic oxidation sites excluding steroid dienone is 4. The second kappa shape index (κ2) is 14.5. The lowest BCUT2D eigenvalue weighted by Crippen LogP contribution is -2.51. The number of aliphatic imine (C=N–C) groups is 1. The summed E-state index contributed by atoms with van der Waals surface area (Å²) in [6.45, 7) is 3.80. The van der Waals surface area contributed by atoms with E-state index in [0.717, 1.165) is 11.0 Å². The van der Waals surface area contributed by atoms with Crippen molar-refractivity contribution < 1.29 is 84.4 Å². The maximum Gasteiger partial charge on any atom is 0.536 e. The normalized spacial score (nSPS) is 28.9. The lowest BCUT2D eigenvalue weighted by molar-refractivity contribution is -0.111. The van der Waals surface area contributed by atoms with Crippen molar-refractivity contribution in [3.63, 3.8) is 0 Å². The number of ether oxygens (including phenoxy) is 1. The van der Waals surface area contributed by atoms with Gasteiger partial charge in [-0.05, 0) is 42.3 Å². The van der Waals surface area contributed by atoms with Gasteiger partial charge in [-0.3, -0.25) is 19.1 Å². The predicted octanol–water partition coefficient (Wildman–Crippen LogP) is 3.82. The fraction of sp³-hybridized carbons (Fsp3) is 0.400. The van der Waals surface area contributed by atoms with Crippen LogP contribution in [0, 0.1) is 0 Å². The fourth-order valence-corrected chi connectivity index (χ4v) is 11.0. The van der Waals surface area contributed by atoms with Gasteiger partial charge in [0.2, 0.25) is 5.78 Å². The number of nitrogens with zero attached hydrogens (tertiary/aromatic N) is 2. The first kappa shape index (κ1) is 41.1. The Hall–Kier alpha value is -2.09. The Morgan fingerprint density at radius 1 is 1.00 bits per heavy atom. The van der Waals surface area contributed by atoms with Gasteiger partial charge in [0.1, 0.15) is 18.1 Å². The Morgan fingerprint density at radius 3 is 2.27 bits per heavy atom. The molecule has 0 radical (unpaired) electrons. The quantitative estimate of drug-likeness (QED) is 0.116. The van der Waals surface area contributed by atoms with E-state index in [1.165, 1.54) is 31.3 Å². The third-order valence-corrected chi connectivity index (χ3v) is 14.2. The largest absolute Gasteiger partial charge is 0.536 e. The number of halogens is 2. The molecule has 3 heterocycles. The van der Waals surface area contributed by atoms with Crippen molar-refractivity contribution in [1.29, 1.82) is 0 Å². The highest BCUT2D eigenvalue weighted by atomic mass is 35.5. The molecule has 1 aliphatic carbocycles. The average Bonchev–Trinajstić information content (AvgIpc) is 3.34. The molecule has 0 spiro atoms. The summed E-state index contributed by atoms with van der Waals surface area (Å²) in [5, 5.41) is 21.8. The fourth-order valence-electron chi connectivity index (χ4n) is 5.37. The van der Waals surface area contributed by atoms with E-state index in [1.54, 1.807) is 13.8 Å². The average molecular weight is 854 g/mol. The minimum Gasteiger partial charge on any atom is -0.404 e. The smallest absolute Gasteiger partial charge is 0.404 e. The summed E-state index contributed by atoms with van der Waals surface area (Å²) >= 11 is 12.2. The Morgan fingerprint density at radius 2 is 1.62 bits per heavy atom. The van der Waals surface area contributed by atoms with Crippen LogP contribution in [0.1, 0.15) is 32.8 Å². The monoisotopic (exact) mass is 853 g/mol. The Balaban J connectivity index is 1.20. The molecular weight excluding hydrogens is 825 g/mol. The van der Waals surface area contributed by atoms with Gasteiger partial charge >= 0.3 is 37.3 Å². The Kier molecular flexibility index (Phi) is 11.5. The topological polar surface area (TPSA) is 307 Å². The molecule has 0 bridgehead atoms. The number of urea groups is 1. The van der Waals surface area contributed by atoms with Gasteiger partial charge in [0, 0.05) is 23.6 Å². The van der Waals surface area contributed by atoms with Crippen LogP contribution in [0.4, 0.5) is 10.5 Å². The highest BCUT2D eigenvalue weighted by Gasteiger charge is 2.48. The predicted molar refractivity (Wildman–Crippen MR) is 177 cm³/mol. The SMILES string of the molecule is CC1=CN([C@H]2CC(O)[C@@H](COP(=O)(O)OP(=O)(O)OP(=O)(O)OP(=O)(O)Oc3ccc4c(c3)C(C)(C)C3=C(Cl)C(=O)C(Cl)=CC3=N4)O2)C(=O)NC1O. The number of aliphatic hydroxyl groups is 2. The van der Waals surface area contributed by atoms with E-state index in [-0.39, 0.29) is 22.1 Å². The first-order valence-corrected chi connectivity index (χ1v) is 21.2. The van der Waals surface area contributed by atoms with E-state index in [4.69, 9.17) is 32.5 Å². The molecule has 1 saturated heterocycles. The molecular formula is C25H29Cl2N3O18P4. The van der Waals surface area contributed by atoms with Gasteiger partial charge in [0.25, 0.3) is 0 Å². The summed E-state index contributed by atoms with van der Waals surface area (Å²) in [6.07, 6.45) is -2.86. The van der Waals surface area contributed by atoms with Crippen LogP contribution in [0.15, 0.2) is 56.7 Å². The van der Waals surface area contributed by atoms with Gasteiger partial charge in [-0.15, -0.1) is 0 Å². The summed E-state index contributed by atoms with van der Waals surface area (Å²) in [6, 6.07) is 2.84. The van der Waals surface area contributed by atoms with Crippen LogP contribution < -0.4 is 9.84 Å². The Labute approximate surface area is 303 Å². The molecule has 7 N–H and O–H groups in total. The summed E-state index contributed by atoms with van der Waals surface area (Å²) in [5.41, 5.74) is 0.447. The zero-order chi connectivity index (χ0) is 38.8. The molecule has 1 fully saturated rings. The zero-order valence-electron chi connectivity index (χ0n) is 26.6. The van der Waals surface area contributed by atoms with Gasteiger partial charge in [-0.2, -0.15) is 12.9 Å². The second-order valence-electron chi connectivity index (χ2n) is 11.9. The van der Waals surface area contributed by atoms with Crippen molar-refractivity contribution in [1.82, 2.24) is 10.2 Å². The number of hydrogen-bond acceptors (Lipinski definition) is 15. The van der Waals surface area contributed by atoms with E-state index in [0.29, 0.717) is 22.5 Å². The summed E-state index contributed by atoms with van der Waals surface area (Å²) < 4.78 is 76.7. The number of fused-ring (bicyclic) bond motifs is 2. The number of carbonyl (C=O) groups excluding carboxylic acids is 2. The van der Waals surface area contributed by atoms with Gasteiger partial charge < -0.3 is 39.5 Å². The van der Waals surface area contributed by atoms with E-state index < -0.39 is 85.5 Å². The second-order valence-corrected chi connectivity index (χ2v) is 18.8. The third-order valence-electron chi connectivity index (χ3n) is 7.69. The third kappa shape index (κ3) is 9.05. The first-order valence-electron chi connectivity index (χ1n) is 14.4. The van der Waals surface area contributed by atoms with E-state index in [9.17, 15) is 57.6 Å². The van der Waals surface area contributed by atoms with Crippen molar-refractivity contribution in [3.8, 4) is 5.75 Å². The number of aliphatic hydroxyl groups excluding tert-OH is 2. The minimum atomic E-state index is -6.14. The molecule has 1 aromatic rings. The number of phosphoric acid groups is 4. The van der Waals surface area contributed by atoms with Crippen LogP contribution >= 0.6 is 54.5 Å². The molecule has 27 heteroatoms. The summed E-state index contributed by atoms with van der Waals surface area (Å²) in [7, 11) is -23.7. The molecule has 21 nitrogen and oxygen atoms in total.